The van der Waals surface area contributed by atoms with Gasteiger partial charge in [0.15, 0.2) is 0 Å². The summed E-state index contributed by atoms with van der Waals surface area (Å²) in [5.74, 6) is 29.0. The maximum atomic E-state index is 3.21. The Bertz CT molecular complexity index is 2190. The molecule has 0 aliphatic heterocycles. The SMILES string of the molecule is CC1CC2C(C=C(C3CCC(C4CCC(C5CCCCC5)CC4)CC3)C3CCC(N(C)C)CC3)CCC(C3CCC(C4CCC(C=C(C5CCC(C6CCC(C7CCCCC7)CC6)CC5)C5CCC(N(C)C)CC5)C5CC(C)C(C)CC54)C4CC(C)C(C)CC34)C2CC1C. The highest BCUT2D eigenvalue weighted by molar-refractivity contribution is 5.20. The molecule has 14 aliphatic carbocycles. The maximum Gasteiger partial charge on any atom is 0.00895 e. The second-order valence-corrected chi connectivity index (χ2v) is 40.6. The Balaban J connectivity index is 0.675. The largest absolute Gasteiger partial charge is 0.306 e. The van der Waals surface area contributed by atoms with Crippen LogP contribution in [0.3, 0.4) is 0 Å². The molecule has 14 rings (SSSR count). The minimum atomic E-state index is 0.802. The van der Waals surface area contributed by atoms with Crippen molar-refractivity contribution < 1.29 is 0 Å². The second-order valence-electron chi connectivity index (χ2n) is 40.6. The van der Waals surface area contributed by atoms with Gasteiger partial charge in [-0.05, 0) is 437 Å². The zero-order valence-electron chi connectivity index (χ0n) is 64.1. The molecule has 534 valence electrons. The lowest BCUT2D eigenvalue weighted by molar-refractivity contribution is -0.101. The van der Waals surface area contributed by atoms with Crippen molar-refractivity contribution in [1.29, 1.82) is 0 Å². The zero-order valence-corrected chi connectivity index (χ0v) is 64.1. The van der Waals surface area contributed by atoms with Crippen LogP contribution in [-0.2, 0) is 0 Å². The van der Waals surface area contributed by atoms with E-state index >= 15 is 0 Å². The fraction of sp³-hybridized carbons (Fsp3) is 0.957. The Morgan fingerprint density at radius 2 is 0.426 bits per heavy atom. The van der Waals surface area contributed by atoms with Gasteiger partial charge in [0.1, 0.15) is 0 Å². The third kappa shape index (κ3) is 15.7. The van der Waals surface area contributed by atoms with Crippen molar-refractivity contribution in [2.75, 3.05) is 28.2 Å². The van der Waals surface area contributed by atoms with E-state index in [0.29, 0.717) is 0 Å². The molecule has 0 heterocycles. The maximum absolute atomic E-state index is 3.21. The highest BCUT2D eigenvalue weighted by Gasteiger charge is 2.56. The van der Waals surface area contributed by atoms with E-state index in [2.05, 4.69) is 103 Å². The van der Waals surface area contributed by atoms with Crippen LogP contribution in [0, 0.1) is 178 Å². The average Bonchev–Trinajstić information content (AvgIpc) is 0.744. The number of allylic oxidation sites excluding steroid dienone is 4. The van der Waals surface area contributed by atoms with E-state index in [1.54, 1.807) is 154 Å². The van der Waals surface area contributed by atoms with Crippen LogP contribution in [-0.4, -0.2) is 50.1 Å². The fourth-order valence-electron chi connectivity index (χ4n) is 29.7. The highest BCUT2D eigenvalue weighted by atomic mass is 15.1. The molecule has 18 unspecified atom stereocenters. The molecular formula is C92H156N2. The predicted octanol–water partition coefficient (Wildman–Crippen LogP) is 25.4. The monoisotopic (exact) mass is 1290 g/mol. The van der Waals surface area contributed by atoms with Gasteiger partial charge in [-0.1, -0.05) is 129 Å². The third-order valence-electron chi connectivity index (χ3n) is 36.0. The lowest BCUT2D eigenvalue weighted by Gasteiger charge is -2.60. The summed E-state index contributed by atoms with van der Waals surface area (Å²) in [7, 11) is 9.53. The minimum absolute atomic E-state index is 0.802. The number of fused-ring (bicyclic) bond motifs is 3. The molecular weight excluding hydrogens is 1130 g/mol. The van der Waals surface area contributed by atoms with E-state index < -0.39 is 0 Å². The van der Waals surface area contributed by atoms with Gasteiger partial charge >= 0.3 is 0 Å². The molecule has 0 bridgehead atoms. The molecule has 94 heavy (non-hydrogen) atoms. The molecule has 0 aromatic rings. The van der Waals surface area contributed by atoms with E-state index in [-0.39, 0.29) is 0 Å². The number of rotatable bonds is 14. The molecule has 0 aromatic carbocycles. The van der Waals surface area contributed by atoms with Crippen LogP contribution < -0.4 is 0 Å². The summed E-state index contributed by atoms with van der Waals surface area (Å²) in [6.45, 7) is 16.4. The Labute approximate surface area is 584 Å². The van der Waals surface area contributed by atoms with Gasteiger partial charge in [-0.15, -0.1) is 0 Å². The van der Waals surface area contributed by atoms with E-state index in [1.807, 2.05) is 0 Å². The Hall–Kier alpha value is -0.600. The molecule has 2 nitrogen and oxygen atoms in total. The first-order chi connectivity index (χ1) is 45.7. The van der Waals surface area contributed by atoms with E-state index in [9.17, 15) is 0 Å². The predicted molar refractivity (Wildman–Crippen MR) is 402 cm³/mol. The van der Waals surface area contributed by atoms with Gasteiger partial charge in [0.2, 0.25) is 0 Å². The molecule has 0 aromatic heterocycles. The van der Waals surface area contributed by atoms with E-state index in [0.717, 1.165) is 190 Å². The third-order valence-corrected chi connectivity index (χ3v) is 36.0. The van der Waals surface area contributed by atoms with Gasteiger partial charge < -0.3 is 9.80 Å². The quantitative estimate of drug-likeness (QED) is 0.160. The normalized spacial score (nSPS) is 49.4. The summed E-state index contributed by atoms with van der Waals surface area (Å²) >= 11 is 0. The molecule has 0 spiro atoms. The van der Waals surface area contributed by atoms with Gasteiger partial charge in [0.25, 0.3) is 0 Å². The van der Waals surface area contributed by atoms with Crippen molar-refractivity contribution in [3.05, 3.63) is 23.3 Å². The first kappa shape index (κ1) is 70.4. The summed E-state index contributed by atoms with van der Waals surface area (Å²) in [5, 5.41) is 0. The Kier molecular flexibility index (Phi) is 24.0. The zero-order chi connectivity index (χ0) is 64.7. The molecule has 14 aliphatic rings. The van der Waals surface area contributed by atoms with Crippen molar-refractivity contribution in [2.24, 2.45) is 178 Å². The second kappa shape index (κ2) is 32.0. The smallest absolute Gasteiger partial charge is 0.00895 e. The molecule has 0 amide bonds. The molecule has 18 atom stereocenters. The first-order valence-corrected chi connectivity index (χ1v) is 44.4. The highest BCUT2D eigenvalue weighted by Crippen LogP contribution is 2.64. The average molecular weight is 1290 g/mol. The molecule has 14 saturated carbocycles. The lowest BCUT2D eigenvalue weighted by Crippen LogP contribution is -2.52. The molecule has 0 N–H and O–H groups in total. The summed E-state index contributed by atoms with van der Waals surface area (Å²) in [6.07, 6.45) is 77.2. The van der Waals surface area contributed by atoms with E-state index in [4.69, 9.17) is 0 Å². The van der Waals surface area contributed by atoms with Crippen molar-refractivity contribution in [1.82, 2.24) is 9.80 Å². The Morgan fingerprint density at radius 1 is 0.213 bits per heavy atom. The summed E-state index contributed by atoms with van der Waals surface area (Å²) in [6, 6.07) is 1.60. The van der Waals surface area contributed by atoms with Crippen LogP contribution in [0.15, 0.2) is 23.3 Å². The van der Waals surface area contributed by atoms with Gasteiger partial charge in [-0.3, -0.25) is 0 Å². The van der Waals surface area contributed by atoms with Gasteiger partial charge in [-0.2, -0.15) is 0 Å². The molecule has 0 saturated heterocycles. The van der Waals surface area contributed by atoms with Crippen LogP contribution in [0.1, 0.15) is 337 Å². The molecule has 0 radical (unpaired) electrons. The standard InChI is InChI=1S/C92H156N2/c1-59-51-87-77(57-85(75-37-43-79(44-38-75)93(7)8)73-33-29-71(30-34-73)69-25-21-67(22-26-69)65-17-13-11-14-18-65)41-47-81(89(87)53-61(59)3)83-49-50-84(92-56-64(6)63(5)55-91(83)92)82-48-42-78(88-52-60(2)62(4)54-90(82)88)58-86(76-39-45-80(46-40-76)94(9)10)74-35-31-72(32-36-74)70-27-23-68(24-28-70)66-19-15-12-16-20-66/h57-84,87-92H,11-56H2,1-10H3. The van der Waals surface area contributed by atoms with Gasteiger partial charge in [0, 0.05) is 12.1 Å². The molecule has 14 fully saturated rings. The Morgan fingerprint density at radius 3 is 0.691 bits per heavy atom. The fourth-order valence-corrected chi connectivity index (χ4v) is 29.7. The van der Waals surface area contributed by atoms with Crippen LogP contribution >= 0.6 is 0 Å². The number of hydrogen-bond acceptors (Lipinski definition) is 2. The summed E-state index contributed by atoms with van der Waals surface area (Å²) in [5.41, 5.74) is 4.14. The first-order valence-electron chi connectivity index (χ1n) is 44.4. The van der Waals surface area contributed by atoms with Gasteiger partial charge in [-0.25, -0.2) is 0 Å². The van der Waals surface area contributed by atoms with E-state index in [1.165, 1.54) is 141 Å². The lowest BCUT2D eigenvalue weighted by atomic mass is 9.45. The molecule has 2 heteroatoms. The number of nitrogens with zero attached hydrogens (tertiary/aromatic N) is 2. The van der Waals surface area contributed by atoms with Crippen molar-refractivity contribution >= 4 is 0 Å². The topological polar surface area (TPSA) is 6.48 Å². The summed E-state index contributed by atoms with van der Waals surface area (Å²) in [4.78, 5) is 5.18. The van der Waals surface area contributed by atoms with Crippen LogP contribution in [0.2, 0.25) is 0 Å². The van der Waals surface area contributed by atoms with Gasteiger partial charge in [0.05, 0.1) is 0 Å². The van der Waals surface area contributed by atoms with Crippen molar-refractivity contribution in [3.63, 3.8) is 0 Å². The van der Waals surface area contributed by atoms with Crippen molar-refractivity contribution in [2.45, 2.75) is 349 Å². The van der Waals surface area contributed by atoms with Crippen LogP contribution in [0.5, 0.6) is 0 Å². The van der Waals surface area contributed by atoms with Crippen LogP contribution in [0.4, 0.5) is 0 Å². The number of hydrogen-bond donors (Lipinski definition) is 0. The van der Waals surface area contributed by atoms with Crippen molar-refractivity contribution in [3.8, 4) is 0 Å². The van der Waals surface area contributed by atoms with Crippen LogP contribution in [0.25, 0.3) is 0 Å². The minimum Gasteiger partial charge on any atom is -0.306 e. The summed E-state index contributed by atoms with van der Waals surface area (Å²) < 4.78 is 0.